The maximum absolute atomic E-state index is 12.5. The zero-order valence-electron chi connectivity index (χ0n) is 18.3. The lowest BCUT2D eigenvalue weighted by atomic mass is 10.0. The quantitative estimate of drug-likeness (QED) is 0.365. The number of ether oxygens (including phenoxy) is 2. The number of aryl methyl sites for hydroxylation is 3. The van der Waals surface area contributed by atoms with Crippen molar-refractivity contribution in [2.75, 3.05) is 0 Å². The second kappa shape index (κ2) is 10.1. The van der Waals surface area contributed by atoms with E-state index in [2.05, 4.69) is 12.1 Å². The van der Waals surface area contributed by atoms with Gasteiger partial charge in [0.1, 0.15) is 18.1 Å². The van der Waals surface area contributed by atoms with E-state index in [-0.39, 0.29) is 12.2 Å². The molecule has 0 N–H and O–H groups in total. The highest BCUT2D eigenvalue weighted by molar-refractivity contribution is 6.00. The molecular formula is C25H27NO5. The Labute approximate surface area is 182 Å². The monoisotopic (exact) mass is 421 g/mol. The first-order chi connectivity index (χ1) is 14.9. The molecule has 162 valence electrons. The summed E-state index contributed by atoms with van der Waals surface area (Å²) in [5.74, 6) is 0.757. The predicted molar refractivity (Wildman–Crippen MR) is 116 cm³/mol. The number of esters is 1. The summed E-state index contributed by atoms with van der Waals surface area (Å²) in [7, 11) is 0. The smallest absolute Gasteiger partial charge is 0.310 e. The number of carbonyl (C=O) groups is 2. The van der Waals surface area contributed by atoms with Crippen molar-refractivity contribution >= 4 is 11.8 Å². The lowest BCUT2D eigenvalue weighted by Crippen LogP contribution is -2.25. The fourth-order valence-electron chi connectivity index (χ4n) is 3.17. The van der Waals surface area contributed by atoms with Crippen molar-refractivity contribution in [1.82, 2.24) is 5.16 Å². The minimum absolute atomic E-state index is 0.0799. The number of hydrogen-bond acceptors (Lipinski definition) is 6. The number of benzene rings is 2. The summed E-state index contributed by atoms with van der Waals surface area (Å²) in [6.07, 6.45) is 0.150. The van der Waals surface area contributed by atoms with Crippen LogP contribution in [0.4, 0.5) is 0 Å². The number of nitrogens with zero attached hydrogens (tertiary/aromatic N) is 1. The van der Waals surface area contributed by atoms with E-state index in [4.69, 9.17) is 14.0 Å². The van der Waals surface area contributed by atoms with Gasteiger partial charge in [-0.05, 0) is 50.5 Å². The molecule has 0 radical (unpaired) electrons. The summed E-state index contributed by atoms with van der Waals surface area (Å²) in [4.78, 5) is 24.8. The summed E-state index contributed by atoms with van der Waals surface area (Å²) in [5, 5.41) is 3.91. The van der Waals surface area contributed by atoms with Crippen molar-refractivity contribution in [2.45, 2.75) is 53.2 Å². The first-order valence-electron chi connectivity index (χ1n) is 10.3. The van der Waals surface area contributed by atoms with Crippen LogP contribution in [0.1, 0.15) is 52.3 Å². The minimum atomic E-state index is -0.836. The Morgan fingerprint density at radius 2 is 1.65 bits per heavy atom. The van der Waals surface area contributed by atoms with E-state index in [9.17, 15) is 9.59 Å². The molecule has 3 aromatic rings. The third kappa shape index (κ3) is 5.81. The van der Waals surface area contributed by atoms with Crippen molar-refractivity contribution in [2.24, 2.45) is 0 Å². The topological polar surface area (TPSA) is 78.6 Å². The van der Waals surface area contributed by atoms with E-state index < -0.39 is 12.1 Å². The molecule has 1 unspecified atom stereocenters. The van der Waals surface area contributed by atoms with Gasteiger partial charge in [0, 0.05) is 5.56 Å². The molecule has 6 nitrogen and oxygen atoms in total. The van der Waals surface area contributed by atoms with Gasteiger partial charge in [0.05, 0.1) is 17.7 Å². The van der Waals surface area contributed by atoms with Crippen LogP contribution in [0.5, 0.6) is 5.75 Å². The van der Waals surface area contributed by atoms with Crippen molar-refractivity contribution in [1.29, 1.82) is 0 Å². The number of Topliss-reactive ketones (excluding diaryl/α,β-unsaturated/α-hetero) is 1. The molecule has 1 aromatic heterocycles. The summed E-state index contributed by atoms with van der Waals surface area (Å²) < 4.78 is 16.2. The van der Waals surface area contributed by atoms with Crippen LogP contribution in [0.3, 0.4) is 0 Å². The van der Waals surface area contributed by atoms with E-state index in [0.717, 1.165) is 34.6 Å². The van der Waals surface area contributed by atoms with Crippen LogP contribution in [0.15, 0.2) is 53.1 Å². The summed E-state index contributed by atoms with van der Waals surface area (Å²) in [6.45, 7) is 7.73. The molecule has 0 aliphatic rings. The molecule has 6 heteroatoms. The summed E-state index contributed by atoms with van der Waals surface area (Å²) >= 11 is 0. The van der Waals surface area contributed by atoms with Gasteiger partial charge < -0.3 is 14.0 Å². The average molecular weight is 421 g/mol. The fraction of sp³-hybridized carbons (Fsp3) is 0.320. The van der Waals surface area contributed by atoms with E-state index >= 15 is 0 Å². The Balaban J connectivity index is 1.51. The molecule has 1 atom stereocenters. The summed E-state index contributed by atoms with van der Waals surface area (Å²) in [6, 6.07) is 14.6. The molecule has 1 heterocycles. The predicted octanol–water partition coefficient (Wildman–Crippen LogP) is 4.79. The normalized spacial score (nSPS) is 11.7. The van der Waals surface area contributed by atoms with Gasteiger partial charge >= 0.3 is 5.97 Å². The van der Waals surface area contributed by atoms with E-state index in [0.29, 0.717) is 17.9 Å². The first-order valence-corrected chi connectivity index (χ1v) is 10.3. The zero-order chi connectivity index (χ0) is 22.4. The lowest BCUT2D eigenvalue weighted by Gasteiger charge is -2.13. The fourth-order valence-corrected chi connectivity index (χ4v) is 3.17. The standard InChI is InChI=1S/C25H27NO5/c1-5-19-6-10-21(11-7-19)25(28)18(4)30-24(27)14-20-8-12-22(13-9-20)29-15-23-16(2)26-31-17(23)3/h6-13,18H,5,14-15H2,1-4H3. The van der Waals surface area contributed by atoms with Crippen LogP contribution >= 0.6 is 0 Å². The maximum atomic E-state index is 12.5. The van der Waals surface area contributed by atoms with Gasteiger partial charge in [-0.3, -0.25) is 9.59 Å². The Kier molecular flexibility index (Phi) is 7.23. The molecule has 0 aliphatic heterocycles. The third-order valence-electron chi connectivity index (χ3n) is 5.16. The van der Waals surface area contributed by atoms with Crippen molar-refractivity contribution in [3.63, 3.8) is 0 Å². The van der Waals surface area contributed by atoms with Crippen molar-refractivity contribution in [3.8, 4) is 5.75 Å². The molecular weight excluding hydrogens is 394 g/mol. The summed E-state index contributed by atoms with van der Waals surface area (Å²) in [5.41, 5.74) is 4.21. The Hall–Kier alpha value is -3.41. The molecule has 0 saturated carbocycles. The van der Waals surface area contributed by atoms with Gasteiger partial charge in [0.2, 0.25) is 5.78 Å². The molecule has 2 aromatic carbocycles. The van der Waals surface area contributed by atoms with E-state index in [1.54, 1.807) is 43.3 Å². The Bertz CT molecular complexity index is 1020. The second-order valence-corrected chi connectivity index (χ2v) is 7.46. The van der Waals surface area contributed by atoms with Crippen molar-refractivity contribution < 1.29 is 23.6 Å². The van der Waals surface area contributed by atoms with Crippen LogP contribution in [0, 0.1) is 13.8 Å². The highest BCUT2D eigenvalue weighted by Crippen LogP contribution is 2.18. The number of carbonyl (C=O) groups excluding carboxylic acids is 2. The Morgan fingerprint density at radius 1 is 1.00 bits per heavy atom. The minimum Gasteiger partial charge on any atom is -0.489 e. The maximum Gasteiger partial charge on any atom is 0.310 e. The number of aromatic nitrogens is 1. The largest absolute Gasteiger partial charge is 0.489 e. The molecule has 3 rings (SSSR count). The molecule has 0 bridgehead atoms. The molecule has 0 amide bonds. The number of ketones is 1. The van der Waals surface area contributed by atoms with Crippen molar-refractivity contribution in [3.05, 3.63) is 82.2 Å². The van der Waals surface area contributed by atoms with E-state index in [1.807, 2.05) is 26.0 Å². The van der Waals surface area contributed by atoms with Gasteiger partial charge in [-0.2, -0.15) is 0 Å². The van der Waals surface area contributed by atoms with Gasteiger partial charge in [0.25, 0.3) is 0 Å². The van der Waals surface area contributed by atoms with Crippen LogP contribution in [0.25, 0.3) is 0 Å². The SMILES string of the molecule is CCc1ccc(C(=O)C(C)OC(=O)Cc2ccc(OCc3c(C)noc3C)cc2)cc1. The Morgan fingerprint density at radius 3 is 2.23 bits per heavy atom. The molecule has 0 spiro atoms. The van der Waals surface area contributed by atoms with E-state index in [1.165, 1.54) is 0 Å². The average Bonchev–Trinajstić information content (AvgIpc) is 3.10. The number of hydrogen-bond donors (Lipinski definition) is 0. The highest BCUT2D eigenvalue weighted by Gasteiger charge is 2.19. The second-order valence-electron chi connectivity index (χ2n) is 7.46. The van der Waals surface area contributed by atoms with Crippen LogP contribution < -0.4 is 4.74 Å². The molecule has 0 aliphatic carbocycles. The first kappa shape index (κ1) is 22.3. The molecule has 0 fully saturated rings. The number of rotatable bonds is 9. The van der Waals surface area contributed by atoms with Crippen LogP contribution in [-0.4, -0.2) is 23.0 Å². The van der Waals surface area contributed by atoms with Gasteiger partial charge in [-0.15, -0.1) is 0 Å². The van der Waals surface area contributed by atoms with Gasteiger partial charge in [0.15, 0.2) is 6.10 Å². The molecule has 0 saturated heterocycles. The van der Waals surface area contributed by atoms with Crippen LogP contribution in [0.2, 0.25) is 0 Å². The highest BCUT2D eigenvalue weighted by atomic mass is 16.5. The van der Waals surface area contributed by atoms with Gasteiger partial charge in [-0.25, -0.2) is 0 Å². The lowest BCUT2D eigenvalue weighted by molar-refractivity contribution is -0.145. The zero-order valence-corrected chi connectivity index (χ0v) is 18.3. The van der Waals surface area contributed by atoms with Gasteiger partial charge in [-0.1, -0.05) is 48.5 Å². The molecule has 31 heavy (non-hydrogen) atoms. The third-order valence-corrected chi connectivity index (χ3v) is 5.16. The van der Waals surface area contributed by atoms with Crippen LogP contribution in [-0.2, 0) is 29.0 Å².